The van der Waals surface area contributed by atoms with Crippen LogP contribution < -0.4 is 9.61 Å². The van der Waals surface area contributed by atoms with Gasteiger partial charge in [0.15, 0.2) is 17.7 Å². The minimum atomic E-state index is -4.32. The van der Waals surface area contributed by atoms with Gasteiger partial charge in [0.2, 0.25) is 5.91 Å². The Morgan fingerprint density at radius 2 is 2.03 bits per heavy atom. The molecule has 0 aliphatic carbocycles. The van der Waals surface area contributed by atoms with Crippen LogP contribution in [0.15, 0.2) is 42.6 Å². The Morgan fingerprint density at radius 3 is 2.68 bits per heavy atom. The standard InChI is InChI=1S/C23H30FN2O10P/c1-15(21(30)33-12-11-32-3)25-37(31,36-17-7-5-4-6-8-17)34-14-18-20(29)23(2,24)22(35-18)26-10-9-16(27)13-19(26)28/h4-10,15,18,20,22,29H,11-14H2,1-3H3,(H,25,31)/t15-,18+,20+,22+,23+,37-/m0/s1. The molecule has 1 amide bonds. The van der Waals surface area contributed by atoms with E-state index in [1.54, 1.807) is 18.2 Å². The van der Waals surface area contributed by atoms with Crippen molar-refractivity contribution in [2.75, 3.05) is 26.9 Å². The van der Waals surface area contributed by atoms with Gasteiger partial charge in [-0.3, -0.25) is 23.8 Å². The number of halogens is 1. The average molecular weight is 544 g/mol. The number of hydrogen-bond acceptors (Lipinski definition) is 10. The predicted molar refractivity (Wildman–Crippen MR) is 126 cm³/mol. The van der Waals surface area contributed by atoms with Gasteiger partial charge in [-0.15, -0.1) is 0 Å². The van der Waals surface area contributed by atoms with Gasteiger partial charge in [0.1, 0.15) is 30.6 Å². The molecule has 1 saturated heterocycles. The summed E-state index contributed by atoms with van der Waals surface area (Å²) in [5, 5.41) is 13.1. The highest BCUT2D eigenvalue weighted by Crippen LogP contribution is 2.46. The number of aliphatic hydroxyl groups is 1. The van der Waals surface area contributed by atoms with Crippen molar-refractivity contribution in [3.63, 3.8) is 0 Å². The number of aliphatic hydroxyl groups excluding tert-OH is 1. The minimum Gasteiger partial charge on any atom is -0.462 e. The van der Waals surface area contributed by atoms with Gasteiger partial charge in [0, 0.05) is 13.3 Å². The number of benzene rings is 1. The molecule has 0 unspecified atom stereocenters. The maximum atomic E-state index is 15.5. The van der Waals surface area contributed by atoms with Crippen molar-refractivity contribution in [3.05, 3.63) is 42.6 Å². The Balaban J connectivity index is 1.73. The van der Waals surface area contributed by atoms with Crippen molar-refractivity contribution in [1.29, 1.82) is 0 Å². The third kappa shape index (κ3) is 7.22. The highest BCUT2D eigenvalue weighted by atomic mass is 31.2. The highest BCUT2D eigenvalue weighted by molar-refractivity contribution is 7.52. The number of ether oxygens (including phenoxy) is 3. The first-order valence-corrected chi connectivity index (χ1v) is 13.0. The van der Waals surface area contributed by atoms with Gasteiger partial charge < -0.3 is 23.8 Å². The Morgan fingerprint density at radius 1 is 1.32 bits per heavy atom. The van der Waals surface area contributed by atoms with Crippen molar-refractivity contribution in [1.82, 2.24) is 9.99 Å². The van der Waals surface area contributed by atoms with E-state index in [9.17, 15) is 24.1 Å². The molecule has 204 valence electrons. The van der Waals surface area contributed by atoms with Gasteiger partial charge in [-0.05, 0) is 32.1 Å². The van der Waals surface area contributed by atoms with Gasteiger partial charge >= 0.3 is 13.7 Å². The molecule has 0 radical (unpaired) electrons. The first kappa shape index (κ1) is 28.9. The fraction of sp³-hybridized carbons (Fsp3) is 0.522. The summed E-state index contributed by atoms with van der Waals surface area (Å²) in [5.74, 6) is -1.75. The number of nitrogens with one attached hydrogen (secondary N) is 1. The lowest BCUT2D eigenvalue weighted by molar-refractivity contribution is -0.150. The number of hydrogen-bond donors (Lipinski definition) is 2. The molecule has 2 N–H and O–H groups in total. The van der Waals surface area contributed by atoms with Crippen molar-refractivity contribution in [2.45, 2.75) is 50.4 Å². The van der Waals surface area contributed by atoms with E-state index in [4.69, 9.17) is 23.3 Å². The van der Waals surface area contributed by atoms with Crippen molar-refractivity contribution in [3.8, 4) is 5.75 Å². The van der Waals surface area contributed by atoms with Crippen LogP contribution in [0.2, 0.25) is 0 Å². The molecule has 14 heteroatoms. The second-order valence-electron chi connectivity index (χ2n) is 8.59. The number of nitrogens with zero attached hydrogens (tertiary/aromatic N) is 1. The second-order valence-corrected chi connectivity index (χ2v) is 10.3. The molecule has 2 aliphatic rings. The second kappa shape index (κ2) is 12.2. The summed E-state index contributed by atoms with van der Waals surface area (Å²) in [6.45, 7) is 1.92. The number of esters is 1. The molecule has 0 saturated carbocycles. The monoisotopic (exact) mass is 544 g/mol. The summed E-state index contributed by atoms with van der Waals surface area (Å²) in [6, 6.07) is 6.82. The zero-order valence-electron chi connectivity index (χ0n) is 20.6. The summed E-state index contributed by atoms with van der Waals surface area (Å²) < 4.78 is 55.5. The molecule has 2 heterocycles. The fourth-order valence-electron chi connectivity index (χ4n) is 3.63. The topological polar surface area (TPSA) is 150 Å². The van der Waals surface area contributed by atoms with E-state index in [2.05, 4.69) is 5.09 Å². The van der Waals surface area contributed by atoms with Gasteiger partial charge in [-0.2, -0.15) is 5.09 Å². The summed E-state index contributed by atoms with van der Waals surface area (Å²) in [7, 11) is -2.88. The summed E-state index contributed by atoms with van der Waals surface area (Å²) >= 11 is 0. The molecule has 6 atom stereocenters. The molecule has 0 bridgehead atoms. The summed E-state index contributed by atoms with van der Waals surface area (Å²) in [5.41, 5.74) is -2.45. The first-order chi connectivity index (χ1) is 17.5. The number of carbonyl (C=O) groups is 3. The normalized spacial score (nSPS) is 28.1. The SMILES string of the molecule is COCCOC(=O)[C@H](C)N[P@](=O)(OC[C@H]1O[C@@H](N2C=CC(=O)CC2=O)[C@](C)(F)[C@@H]1O)Oc1ccccc1. The van der Waals surface area contributed by atoms with Gasteiger partial charge in [-0.1, -0.05) is 18.2 Å². The van der Waals surface area contributed by atoms with E-state index >= 15 is 4.39 Å². The quantitative estimate of drug-likeness (QED) is 0.171. The minimum absolute atomic E-state index is 0.0279. The van der Waals surface area contributed by atoms with Crippen LogP contribution in [0.3, 0.4) is 0 Å². The molecule has 12 nitrogen and oxygen atoms in total. The molecule has 37 heavy (non-hydrogen) atoms. The van der Waals surface area contributed by atoms with Crippen LogP contribution >= 0.6 is 7.75 Å². The molecular weight excluding hydrogens is 514 g/mol. The van der Waals surface area contributed by atoms with Crippen LogP contribution in [0, 0.1) is 0 Å². The number of methoxy groups -OCH3 is 1. The third-order valence-corrected chi connectivity index (χ3v) is 7.26. The Labute approximate surface area is 213 Å². The Bertz CT molecular complexity index is 1050. The van der Waals surface area contributed by atoms with Crippen LogP contribution in [0.1, 0.15) is 20.3 Å². The van der Waals surface area contributed by atoms with Crippen LogP contribution in [-0.4, -0.2) is 84.7 Å². The lowest BCUT2D eigenvalue weighted by atomic mass is 9.97. The van der Waals surface area contributed by atoms with Gasteiger partial charge in [-0.25, -0.2) is 8.96 Å². The summed E-state index contributed by atoms with van der Waals surface area (Å²) in [4.78, 5) is 36.9. The third-order valence-electron chi connectivity index (χ3n) is 5.62. The Kier molecular flexibility index (Phi) is 9.57. The molecule has 0 spiro atoms. The van der Waals surface area contributed by atoms with E-state index < -0.39 is 68.6 Å². The van der Waals surface area contributed by atoms with E-state index in [1.807, 2.05) is 0 Å². The summed E-state index contributed by atoms with van der Waals surface area (Å²) in [6.07, 6.45) is -3.00. The number of carbonyl (C=O) groups excluding carboxylic acids is 3. The number of amides is 1. The number of ketones is 1. The molecule has 2 aliphatic heterocycles. The largest absolute Gasteiger partial charge is 0.462 e. The zero-order valence-corrected chi connectivity index (χ0v) is 21.5. The Hall–Kier alpha value is -2.67. The molecule has 0 aromatic heterocycles. The number of rotatable bonds is 12. The van der Waals surface area contributed by atoms with E-state index in [-0.39, 0.29) is 19.0 Å². The average Bonchev–Trinajstić information content (AvgIpc) is 3.07. The molecule has 3 rings (SSSR count). The first-order valence-electron chi connectivity index (χ1n) is 11.4. The molecule has 1 aromatic rings. The lowest BCUT2D eigenvalue weighted by Gasteiger charge is -2.32. The predicted octanol–water partition coefficient (Wildman–Crippen LogP) is 1.49. The molecule has 1 aromatic carbocycles. The molecular formula is C23H30FN2O10P. The van der Waals surface area contributed by atoms with Crippen LogP contribution in [-0.2, 0) is 37.7 Å². The van der Waals surface area contributed by atoms with Crippen molar-refractivity contribution in [2.24, 2.45) is 0 Å². The van der Waals surface area contributed by atoms with Crippen LogP contribution in [0.25, 0.3) is 0 Å². The van der Waals surface area contributed by atoms with Crippen LogP contribution in [0.5, 0.6) is 5.75 Å². The number of para-hydroxylation sites is 1. The van der Waals surface area contributed by atoms with Crippen molar-refractivity contribution >= 4 is 25.4 Å². The van der Waals surface area contributed by atoms with E-state index in [0.717, 1.165) is 24.1 Å². The zero-order chi connectivity index (χ0) is 27.2. The highest BCUT2D eigenvalue weighted by Gasteiger charge is 2.57. The van der Waals surface area contributed by atoms with Crippen molar-refractivity contribution < 1.29 is 51.7 Å². The smallest absolute Gasteiger partial charge is 0.459 e. The lowest BCUT2D eigenvalue weighted by Crippen LogP contribution is -2.51. The fourth-order valence-corrected chi connectivity index (χ4v) is 5.13. The maximum absolute atomic E-state index is 15.5. The van der Waals surface area contributed by atoms with E-state index in [1.165, 1.54) is 26.2 Å². The van der Waals surface area contributed by atoms with E-state index in [0.29, 0.717) is 0 Å². The number of allylic oxidation sites excluding steroid dienone is 1. The number of alkyl halides is 1. The van der Waals surface area contributed by atoms with Gasteiger partial charge in [0.05, 0.1) is 19.6 Å². The molecule has 1 fully saturated rings. The van der Waals surface area contributed by atoms with Gasteiger partial charge in [0.25, 0.3) is 0 Å². The van der Waals surface area contributed by atoms with Crippen LogP contribution in [0.4, 0.5) is 4.39 Å². The maximum Gasteiger partial charge on any atom is 0.459 e.